The zero-order valence-electron chi connectivity index (χ0n) is 7.43. The molecule has 0 aliphatic rings. The number of halogens is 1. The normalized spacial score (nSPS) is 10.7. The lowest BCUT2D eigenvalue weighted by Crippen LogP contribution is -1.82. The second-order valence-corrected chi connectivity index (χ2v) is 3.80. The number of ether oxygens (including phenoxy) is 1. The molecule has 3 heteroatoms. The van der Waals surface area contributed by atoms with Gasteiger partial charge in [0.15, 0.2) is 11.3 Å². The minimum atomic E-state index is 0.762. The van der Waals surface area contributed by atoms with Crippen molar-refractivity contribution < 1.29 is 9.15 Å². The SMILES string of the molecule is COc1cc(Br)cc2cc(C)oc12. The quantitative estimate of drug-likeness (QED) is 0.762. The van der Waals surface area contributed by atoms with Crippen LogP contribution in [-0.4, -0.2) is 7.11 Å². The molecular formula is C10H9BrO2. The Morgan fingerprint density at radius 3 is 2.77 bits per heavy atom. The molecule has 0 saturated carbocycles. The molecule has 2 aromatic rings. The summed E-state index contributed by atoms with van der Waals surface area (Å²) in [4.78, 5) is 0. The van der Waals surface area contributed by atoms with Crippen molar-refractivity contribution in [1.82, 2.24) is 0 Å². The van der Waals surface area contributed by atoms with Crippen molar-refractivity contribution in [3.63, 3.8) is 0 Å². The lowest BCUT2D eigenvalue weighted by molar-refractivity contribution is 0.408. The standard InChI is InChI=1S/C10H9BrO2/c1-6-3-7-4-8(11)5-9(12-2)10(7)13-6/h3-5H,1-2H3. The number of fused-ring (bicyclic) bond motifs is 1. The van der Waals surface area contributed by atoms with E-state index in [-0.39, 0.29) is 0 Å². The Hall–Kier alpha value is -0.960. The average Bonchev–Trinajstić information content (AvgIpc) is 2.43. The van der Waals surface area contributed by atoms with Gasteiger partial charge < -0.3 is 9.15 Å². The molecule has 0 atom stereocenters. The van der Waals surface area contributed by atoms with Crippen molar-refractivity contribution in [2.75, 3.05) is 7.11 Å². The molecular weight excluding hydrogens is 232 g/mol. The Kier molecular flexibility index (Phi) is 2.04. The smallest absolute Gasteiger partial charge is 0.176 e. The fourth-order valence-electron chi connectivity index (χ4n) is 1.37. The van der Waals surface area contributed by atoms with E-state index in [1.54, 1.807) is 7.11 Å². The van der Waals surface area contributed by atoms with Gasteiger partial charge in [-0.3, -0.25) is 0 Å². The highest BCUT2D eigenvalue weighted by Crippen LogP contribution is 2.31. The summed E-state index contributed by atoms with van der Waals surface area (Å²) in [6.45, 7) is 1.92. The van der Waals surface area contributed by atoms with E-state index in [9.17, 15) is 0 Å². The molecule has 2 nitrogen and oxygen atoms in total. The number of rotatable bonds is 1. The van der Waals surface area contributed by atoms with Gasteiger partial charge in [0.2, 0.25) is 0 Å². The minimum absolute atomic E-state index is 0.762. The highest BCUT2D eigenvalue weighted by molar-refractivity contribution is 9.10. The van der Waals surface area contributed by atoms with Gasteiger partial charge in [0, 0.05) is 9.86 Å². The molecule has 0 aliphatic heterocycles. The predicted octanol–water partition coefficient (Wildman–Crippen LogP) is 3.51. The Bertz CT molecular complexity index is 445. The van der Waals surface area contributed by atoms with Gasteiger partial charge >= 0.3 is 0 Å². The van der Waals surface area contributed by atoms with Crippen LogP contribution in [0.5, 0.6) is 5.75 Å². The van der Waals surface area contributed by atoms with E-state index in [2.05, 4.69) is 15.9 Å². The summed E-state index contributed by atoms with van der Waals surface area (Å²) in [5.41, 5.74) is 0.809. The largest absolute Gasteiger partial charge is 0.493 e. The van der Waals surface area contributed by atoms with Crippen LogP contribution in [-0.2, 0) is 0 Å². The second-order valence-electron chi connectivity index (χ2n) is 2.88. The van der Waals surface area contributed by atoms with Gasteiger partial charge in [-0.15, -0.1) is 0 Å². The molecule has 0 fully saturated rings. The lowest BCUT2D eigenvalue weighted by atomic mass is 10.2. The molecule has 0 spiro atoms. The van der Waals surface area contributed by atoms with Crippen LogP contribution in [0.3, 0.4) is 0 Å². The maximum absolute atomic E-state index is 5.50. The monoisotopic (exact) mass is 240 g/mol. The molecule has 0 amide bonds. The molecule has 68 valence electrons. The average molecular weight is 241 g/mol. The third-order valence-corrected chi connectivity index (χ3v) is 2.35. The van der Waals surface area contributed by atoms with Crippen LogP contribution in [0.15, 0.2) is 27.1 Å². The van der Waals surface area contributed by atoms with Crippen molar-refractivity contribution in [3.8, 4) is 5.75 Å². The first-order chi connectivity index (χ1) is 6.20. The number of furan rings is 1. The van der Waals surface area contributed by atoms with Crippen LogP contribution in [0, 0.1) is 6.92 Å². The van der Waals surface area contributed by atoms with Crippen molar-refractivity contribution >= 4 is 26.9 Å². The molecule has 1 aromatic carbocycles. The molecule has 0 bridgehead atoms. The molecule has 0 radical (unpaired) electrons. The Balaban J connectivity index is 2.80. The highest BCUT2D eigenvalue weighted by Gasteiger charge is 2.07. The van der Waals surface area contributed by atoms with E-state index < -0.39 is 0 Å². The molecule has 0 saturated heterocycles. The Morgan fingerprint density at radius 2 is 2.08 bits per heavy atom. The van der Waals surface area contributed by atoms with Crippen LogP contribution in [0.4, 0.5) is 0 Å². The van der Waals surface area contributed by atoms with Gasteiger partial charge in [0.25, 0.3) is 0 Å². The van der Waals surface area contributed by atoms with E-state index >= 15 is 0 Å². The summed E-state index contributed by atoms with van der Waals surface area (Å²) >= 11 is 3.41. The third kappa shape index (κ3) is 1.44. The van der Waals surface area contributed by atoms with Gasteiger partial charge in [0.05, 0.1) is 7.11 Å². The second kappa shape index (κ2) is 3.07. The van der Waals surface area contributed by atoms with Gasteiger partial charge in [-0.05, 0) is 25.1 Å². The molecule has 0 unspecified atom stereocenters. The maximum Gasteiger partial charge on any atom is 0.176 e. The van der Waals surface area contributed by atoms with Crippen molar-refractivity contribution in [3.05, 3.63) is 28.4 Å². The summed E-state index contributed by atoms with van der Waals surface area (Å²) in [6, 6.07) is 5.89. The number of aryl methyl sites for hydroxylation is 1. The zero-order chi connectivity index (χ0) is 9.42. The molecule has 1 heterocycles. The van der Waals surface area contributed by atoms with Gasteiger partial charge in [-0.2, -0.15) is 0 Å². The van der Waals surface area contributed by atoms with E-state index in [0.717, 1.165) is 27.0 Å². The first-order valence-electron chi connectivity index (χ1n) is 3.94. The summed E-state index contributed by atoms with van der Waals surface area (Å²) in [5, 5.41) is 1.06. The van der Waals surface area contributed by atoms with Gasteiger partial charge in [-0.1, -0.05) is 15.9 Å². The van der Waals surface area contributed by atoms with Crippen molar-refractivity contribution in [2.45, 2.75) is 6.92 Å². The number of hydrogen-bond donors (Lipinski definition) is 0. The molecule has 2 rings (SSSR count). The number of methoxy groups -OCH3 is 1. The maximum atomic E-state index is 5.50. The highest BCUT2D eigenvalue weighted by atomic mass is 79.9. The third-order valence-electron chi connectivity index (χ3n) is 1.89. The zero-order valence-corrected chi connectivity index (χ0v) is 9.01. The topological polar surface area (TPSA) is 22.4 Å². The molecule has 13 heavy (non-hydrogen) atoms. The fourth-order valence-corrected chi connectivity index (χ4v) is 1.82. The minimum Gasteiger partial charge on any atom is -0.493 e. The summed E-state index contributed by atoms with van der Waals surface area (Å²) in [5.74, 6) is 1.66. The van der Waals surface area contributed by atoms with E-state index in [4.69, 9.17) is 9.15 Å². The van der Waals surface area contributed by atoms with Crippen molar-refractivity contribution in [1.29, 1.82) is 0 Å². The Morgan fingerprint density at radius 1 is 1.31 bits per heavy atom. The fraction of sp³-hybridized carbons (Fsp3) is 0.200. The van der Waals surface area contributed by atoms with Gasteiger partial charge in [-0.25, -0.2) is 0 Å². The molecule has 0 N–H and O–H groups in total. The van der Waals surface area contributed by atoms with Crippen molar-refractivity contribution in [2.24, 2.45) is 0 Å². The lowest BCUT2D eigenvalue weighted by Gasteiger charge is -2.00. The first-order valence-corrected chi connectivity index (χ1v) is 4.73. The van der Waals surface area contributed by atoms with Crippen LogP contribution < -0.4 is 4.74 Å². The summed E-state index contributed by atoms with van der Waals surface area (Å²) in [7, 11) is 1.64. The van der Waals surface area contributed by atoms with Crippen LogP contribution in [0.25, 0.3) is 11.0 Å². The van der Waals surface area contributed by atoms with Crippen LogP contribution in [0.2, 0.25) is 0 Å². The summed E-state index contributed by atoms with van der Waals surface area (Å²) in [6.07, 6.45) is 0. The van der Waals surface area contributed by atoms with Crippen LogP contribution >= 0.6 is 15.9 Å². The first kappa shape index (κ1) is 8.63. The molecule has 0 aliphatic carbocycles. The van der Waals surface area contributed by atoms with E-state index in [0.29, 0.717) is 0 Å². The number of hydrogen-bond acceptors (Lipinski definition) is 2. The molecule has 1 aromatic heterocycles. The van der Waals surface area contributed by atoms with E-state index in [1.165, 1.54) is 0 Å². The Labute approximate surface area is 84.6 Å². The predicted molar refractivity (Wildman–Crippen MR) is 55.2 cm³/mol. The summed E-state index contributed by atoms with van der Waals surface area (Å²) < 4.78 is 11.7. The number of benzene rings is 1. The van der Waals surface area contributed by atoms with Gasteiger partial charge in [0.1, 0.15) is 5.76 Å². The van der Waals surface area contributed by atoms with E-state index in [1.807, 2.05) is 25.1 Å². The van der Waals surface area contributed by atoms with Crippen LogP contribution in [0.1, 0.15) is 5.76 Å².